The molecule has 1 N–H and O–H groups in total. The van der Waals surface area contributed by atoms with E-state index in [1.54, 1.807) is 31.2 Å². The molecule has 0 aliphatic carbocycles. The van der Waals surface area contributed by atoms with Gasteiger partial charge in [0.2, 0.25) is 0 Å². The second-order valence-electron chi connectivity index (χ2n) is 5.29. The van der Waals surface area contributed by atoms with Crippen molar-refractivity contribution >= 4 is 182 Å². The van der Waals surface area contributed by atoms with Crippen molar-refractivity contribution in [2.45, 2.75) is 13.8 Å². The molecule has 0 bridgehead atoms. The molecule has 0 heterocycles. The third-order valence-corrected chi connectivity index (χ3v) is 747. The van der Waals surface area contributed by atoms with Crippen LogP contribution in [0.2, 0.25) is 0 Å². The molecule has 0 saturated heterocycles. The van der Waals surface area contributed by atoms with Gasteiger partial charge in [-0.3, -0.25) is 0 Å². The van der Waals surface area contributed by atoms with E-state index in [2.05, 4.69) is 135 Å². The summed E-state index contributed by atoms with van der Waals surface area (Å²) in [5.41, 5.74) is 2.76. The molecule has 0 saturated carbocycles. The molecule has 2 rings (SSSR count). The third-order valence-electron chi connectivity index (χ3n) is 3.29. The molecule has 0 atom stereocenters. The average molecular weight is 1940 g/mol. The second kappa shape index (κ2) is 24.2. The topological polar surface area (TPSA) is 63.6 Å². The minimum absolute atomic E-state index is 0.272. The van der Waals surface area contributed by atoms with E-state index in [1.807, 2.05) is 31.2 Å². The zero-order valence-corrected chi connectivity index (χ0v) is 45.3. The van der Waals surface area contributed by atoms with E-state index in [0.717, 1.165) is 11.1 Å². The van der Waals surface area contributed by atoms with Gasteiger partial charge in [0.25, 0.3) is 0 Å². The minimum atomic E-state index is -0.863. The third kappa shape index (κ3) is 17.2. The quantitative estimate of drug-likeness (QED) is 0.222. The summed E-state index contributed by atoms with van der Waals surface area (Å²) in [6, 6.07) is 14.3. The van der Waals surface area contributed by atoms with Crippen molar-refractivity contribution in [2.75, 3.05) is 7.11 Å². The molecular formula is C17H18I13O4-. The molecule has 0 aromatic heterocycles. The fourth-order valence-electron chi connectivity index (χ4n) is 1.83. The van der Waals surface area contributed by atoms with Crippen molar-refractivity contribution in [3.8, 4) is 0 Å². The summed E-state index contributed by atoms with van der Waals surface area (Å²) in [6.07, 6.45) is 0. The average Bonchev–Trinajstić information content (AvgIpc) is 2.82. The Hall–Kier alpha value is 6.87. The van der Waals surface area contributed by atoms with Gasteiger partial charge in [0.15, 0.2) is 0 Å². The van der Waals surface area contributed by atoms with Crippen molar-refractivity contribution in [1.29, 1.82) is 0 Å². The summed E-state index contributed by atoms with van der Waals surface area (Å²) in [6.45, 7) is 3.66. The molecule has 202 valence electrons. The van der Waals surface area contributed by atoms with E-state index in [0.29, 0.717) is 24.4 Å². The first-order chi connectivity index (χ1) is 15.9. The van der Waals surface area contributed by atoms with Gasteiger partial charge < -0.3 is 9.84 Å². The fraction of sp³-hybridized carbons (Fsp3) is 0.176. The number of carbonyl (C=O) groups excluding carboxylic acids is 1. The Kier molecular flexibility index (Phi) is 29.1. The Morgan fingerprint density at radius 2 is 1.24 bits per heavy atom. The number of halogens is 13. The van der Waals surface area contributed by atoms with Crippen LogP contribution < -0.4 is 13.3 Å². The summed E-state index contributed by atoms with van der Waals surface area (Å²) >= 11 is 21.0. The molecule has 2 aromatic rings. The number of benzene rings is 2. The number of hydrogen-bond acceptors (Lipinski definition) is 3. The maximum absolute atomic E-state index is 11.0. The van der Waals surface area contributed by atoms with Gasteiger partial charge in [-0.15, -0.1) is 0 Å². The molecule has 4 nitrogen and oxygen atoms in total. The van der Waals surface area contributed by atoms with Crippen LogP contribution in [0.15, 0.2) is 48.5 Å². The summed E-state index contributed by atoms with van der Waals surface area (Å²) < 4.78 is 4.58. The molecule has 0 aliphatic heterocycles. The first kappa shape index (κ1) is 40.9. The molecule has 2 aromatic carbocycles. The van der Waals surface area contributed by atoms with Gasteiger partial charge in [-0.2, -0.15) is 0 Å². The van der Waals surface area contributed by atoms with Crippen LogP contribution in [-0.4, -0.2) is 24.2 Å². The van der Waals surface area contributed by atoms with Crippen molar-refractivity contribution in [1.82, 2.24) is 0 Å². The number of ether oxygens (including phenoxy) is 1. The standard InChI is InChI=1S/C9H10O2.C8H8O2.I13/c1-7-5-3-4-6-8(7)9(10)11-2;1-6-4-2-3-5-7(6)8(9)10;1-8-10(4)12(6)13(7)11(5)9(2)3/h3-6H,1-2H3;2-5H,1H3,(H,9,10);/q;;-1. The fourth-order valence-corrected chi connectivity index (χ4v) is 1470. The Labute approximate surface area is 296 Å². The molecular weight excluding hydrogens is 1920 g/mol. The van der Waals surface area contributed by atoms with Gasteiger partial charge in [0.1, 0.15) is 0 Å². The van der Waals surface area contributed by atoms with E-state index >= 15 is 0 Å². The number of hydrogen-bond donors (Lipinski definition) is 1. The Bertz CT molecular complexity index is 901. The molecule has 0 fully saturated rings. The van der Waals surface area contributed by atoms with Crippen molar-refractivity contribution in [2.24, 2.45) is 0 Å². The molecule has 0 radical (unpaired) electrons. The second-order valence-corrected chi connectivity index (χ2v) is 265. The summed E-state index contributed by atoms with van der Waals surface area (Å²) in [5.74, 6) is -1.14. The predicted molar refractivity (Wildman–Crippen MR) is 249 cm³/mol. The number of aryl methyl sites for hydroxylation is 2. The molecule has 0 unspecified atom stereocenters. The van der Waals surface area contributed by atoms with Crippen molar-refractivity contribution in [3.05, 3.63) is 70.8 Å². The SMILES string of the molecule is COC(=O)c1ccccc1C.Cc1ccccc1C(=O)O.I[I-]I(I)I(I)I(I)I(I)I(I)I. The number of carbonyl (C=O) groups is 2. The van der Waals surface area contributed by atoms with E-state index in [1.165, 1.54) is 7.11 Å². The Morgan fingerprint density at radius 3 is 1.56 bits per heavy atom. The van der Waals surface area contributed by atoms with E-state index < -0.39 is 5.97 Å². The van der Waals surface area contributed by atoms with Crippen LogP contribution in [0, 0.1) is 13.8 Å². The van der Waals surface area contributed by atoms with Gasteiger partial charge in [0, 0.05) is 0 Å². The number of carboxylic acids is 1. The predicted octanol–water partition coefficient (Wildman–Crippen LogP) is 11.1. The molecule has 0 amide bonds. The Balaban J connectivity index is 0.000000484. The maximum atomic E-state index is 11.0. The molecule has 17 heteroatoms. The van der Waals surface area contributed by atoms with Crippen LogP contribution in [0.5, 0.6) is 0 Å². The first-order valence-corrected chi connectivity index (χ1v) is 83.5. The number of aromatic carboxylic acids is 1. The number of methoxy groups -OCH3 is 1. The van der Waals surface area contributed by atoms with Crippen LogP contribution in [0.4, 0.5) is 0 Å². The van der Waals surface area contributed by atoms with Crippen molar-refractivity contribution < 1.29 is 32.7 Å². The van der Waals surface area contributed by atoms with E-state index in [-0.39, 0.29) is 45.4 Å². The zero-order valence-electron chi connectivity index (χ0n) is 17.2. The van der Waals surface area contributed by atoms with Crippen LogP contribution in [0.1, 0.15) is 31.8 Å². The van der Waals surface area contributed by atoms with Crippen LogP contribution in [-0.2, 0) is 4.74 Å². The van der Waals surface area contributed by atoms with Crippen LogP contribution in [0.25, 0.3) is 0 Å². The van der Waals surface area contributed by atoms with Gasteiger partial charge >= 0.3 is 195 Å². The normalized spacial score (nSPS) is 12.1. The summed E-state index contributed by atoms with van der Waals surface area (Å²) in [4.78, 5) is 21.4. The van der Waals surface area contributed by atoms with Crippen molar-refractivity contribution in [3.63, 3.8) is 0 Å². The molecule has 0 aliphatic rings. The van der Waals surface area contributed by atoms with Gasteiger partial charge in [-0.05, 0) is 37.1 Å². The first-order valence-electron chi connectivity index (χ1n) is 8.11. The van der Waals surface area contributed by atoms with Gasteiger partial charge in [0.05, 0.1) is 18.2 Å². The number of carboxylic acid groups (broad SMARTS) is 1. The van der Waals surface area contributed by atoms with E-state index in [9.17, 15) is 9.59 Å². The number of rotatable bonds is 7. The van der Waals surface area contributed by atoms with E-state index in [4.69, 9.17) is 5.11 Å². The van der Waals surface area contributed by atoms with Gasteiger partial charge in [-0.25, -0.2) is 9.59 Å². The van der Waals surface area contributed by atoms with Crippen LogP contribution >= 0.6 is 170 Å². The number of esters is 1. The monoisotopic (exact) mass is 1940 g/mol. The summed E-state index contributed by atoms with van der Waals surface area (Å²) in [5, 5.41) is 8.57. The molecule has 0 spiro atoms. The van der Waals surface area contributed by atoms with Crippen LogP contribution in [0.3, 0.4) is 0 Å². The zero-order chi connectivity index (χ0) is 26.4. The van der Waals surface area contributed by atoms with Gasteiger partial charge in [-0.1, -0.05) is 36.4 Å². The summed E-state index contributed by atoms with van der Waals surface area (Å²) in [7, 11) is -0.179. The molecule has 34 heavy (non-hydrogen) atoms. The Morgan fingerprint density at radius 1 is 0.794 bits per heavy atom.